The molecule has 0 radical (unpaired) electrons. The van der Waals surface area contributed by atoms with Gasteiger partial charge < -0.3 is 19.5 Å². The minimum Gasteiger partial charge on any atom is -0.471 e. The van der Waals surface area contributed by atoms with E-state index in [1.165, 1.54) is 10.7 Å². The number of nitrogens with one attached hydrogen (secondary N) is 1. The molecule has 0 spiro atoms. The van der Waals surface area contributed by atoms with Gasteiger partial charge in [-0.05, 0) is 44.0 Å². The zero-order valence-corrected chi connectivity index (χ0v) is 19.4. The summed E-state index contributed by atoms with van der Waals surface area (Å²) in [6.07, 6.45) is 2.25. The number of carbonyl (C=O) groups excluding carboxylic acids is 3. The van der Waals surface area contributed by atoms with Crippen LogP contribution < -0.4 is 10.1 Å². The highest BCUT2D eigenvalue weighted by Crippen LogP contribution is 2.34. The van der Waals surface area contributed by atoms with Gasteiger partial charge in [0.2, 0.25) is 0 Å². The summed E-state index contributed by atoms with van der Waals surface area (Å²) in [4.78, 5) is 38.0. The molecule has 2 aromatic heterocycles. The van der Waals surface area contributed by atoms with E-state index in [1.54, 1.807) is 20.0 Å². The van der Waals surface area contributed by atoms with Crippen molar-refractivity contribution in [1.82, 2.24) is 9.78 Å². The molecule has 0 aliphatic heterocycles. The average molecular weight is 472 g/mol. The summed E-state index contributed by atoms with van der Waals surface area (Å²) < 4.78 is 17.4. The Bertz CT molecular complexity index is 1120. The monoisotopic (exact) mass is 471 g/mol. The number of aromatic nitrogens is 2. The van der Waals surface area contributed by atoms with Crippen LogP contribution in [-0.4, -0.2) is 40.8 Å². The number of hydrogen-bond donors (Lipinski definition) is 1. The normalized spacial score (nSPS) is 10.5. The Hall–Kier alpha value is -3.66. The van der Waals surface area contributed by atoms with Crippen molar-refractivity contribution < 1.29 is 28.6 Å². The third-order valence-electron chi connectivity index (χ3n) is 4.46. The molecule has 0 aliphatic rings. The SMILES string of the molecule is CCCOC(=O)c1c(NC(=O)c2ccn(COc3ccccc3)n2)sc(C(=O)OCC)c1C. The minimum atomic E-state index is -0.613. The number of rotatable bonds is 10. The van der Waals surface area contributed by atoms with Crippen LogP contribution in [0.25, 0.3) is 0 Å². The molecule has 174 valence electrons. The van der Waals surface area contributed by atoms with E-state index in [0.717, 1.165) is 11.3 Å². The van der Waals surface area contributed by atoms with Gasteiger partial charge in [-0.1, -0.05) is 25.1 Å². The van der Waals surface area contributed by atoms with Gasteiger partial charge in [-0.25, -0.2) is 14.3 Å². The standard InChI is InChI=1S/C23H25N3O6S/c1-4-13-31-22(28)18-15(3)19(23(29)30-5-2)33-21(18)24-20(27)17-11-12-26(25-17)14-32-16-9-7-6-8-10-16/h6-12H,4-5,13-14H2,1-3H3,(H,24,27). The van der Waals surface area contributed by atoms with E-state index in [4.69, 9.17) is 14.2 Å². The van der Waals surface area contributed by atoms with Gasteiger partial charge in [-0.3, -0.25) is 4.79 Å². The van der Waals surface area contributed by atoms with Crippen LogP contribution in [0.4, 0.5) is 5.00 Å². The van der Waals surface area contributed by atoms with Gasteiger partial charge in [-0.15, -0.1) is 11.3 Å². The zero-order chi connectivity index (χ0) is 23.8. The number of esters is 2. The van der Waals surface area contributed by atoms with Crippen LogP contribution in [-0.2, 0) is 16.2 Å². The summed E-state index contributed by atoms with van der Waals surface area (Å²) in [6.45, 7) is 5.72. The fraction of sp³-hybridized carbons (Fsp3) is 0.304. The second-order valence-electron chi connectivity index (χ2n) is 6.90. The maximum atomic E-state index is 12.8. The van der Waals surface area contributed by atoms with Crippen molar-refractivity contribution in [1.29, 1.82) is 0 Å². The first-order valence-corrected chi connectivity index (χ1v) is 11.3. The molecule has 0 saturated carbocycles. The molecule has 9 nitrogen and oxygen atoms in total. The van der Waals surface area contributed by atoms with Gasteiger partial charge in [0.25, 0.3) is 5.91 Å². The quantitative estimate of drug-likeness (QED) is 0.440. The lowest BCUT2D eigenvalue weighted by atomic mass is 10.1. The summed E-state index contributed by atoms with van der Waals surface area (Å²) in [7, 11) is 0. The summed E-state index contributed by atoms with van der Waals surface area (Å²) in [6, 6.07) is 10.8. The second-order valence-corrected chi connectivity index (χ2v) is 7.92. The largest absolute Gasteiger partial charge is 0.471 e. The molecule has 1 aromatic carbocycles. The molecule has 0 unspecified atom stereocenters. The Labute approximate surface area is 195 Å². The van der Waals surface area contributed by atoms with Gasteiger partial charge in [-0.2, -0.15) is 5.10 Å². The van der Waals surface area contributed by atoms with Gasteiger partial charge in [0, 0.05) is 6.20 Å². The van der Waals surface area contributed by atoms with Gasteiger partial charge in [0.1, 0.15) is 15.6 Å². The van der Waals surface area contributed by atoms with Gasteiger partial charge >= 0.3 is 11.9 Å². The second kappa shape index (κ2) is 11.3. The topological polar surface area (TPSA) is 109 Å². The number of nitrogens with zero attached hydrogens (tertiary/aromatic N) is 2. The van der Waals surface area contributed by atoms with Crippen molar-refractivity contribution in [2.45, 2.75) is 33.9 Å². The molecule has 0 saturated heterocycles. The zero-order valence-electron chi connectivity index (χ0n) is 18.6. The predicted molar refractivity (Wildman–Crippen MR) is 123 cm³/mol. The van der Waals surface area contributed by atoms with E-state index in [-0.39, 0.29) is 41.1 Å². The molecule has 1 amide bonds. The molecule has 3 aromatic rings. The third-order valence-corrected chi connectivity index (χ3v) is 5.64. The summed E-state index contributed by atoms with van der Waals surface area (Å²) in [5.74, 6) is -1.03. The smallest absolute Gasteiger partial charge is 0.348 e. The molecule has 10 heteroatoms. The highest BCUT2D eigenvalue weighted by Gasteiger charge is 2.28. The van der Waals surface area contributed by atoms with Crippen molar-refractivity contribution in [2.75, 3.05) is 18.5 Å². The average Bonchev–Trinajstić information content (AvgIpc) is 3.41. The summed E-state index contributed by atoms with van der Waals surface area (Å²) >= 11 is 0.967. The Morgan fingerprint density at radius 2 is 1.82 bits per heavy atom. The van der Waals surface area contributed by atoms with E-state index in [9.17, 15) is 14.4 Å². The molecule has 0 bridgehead atoms. The predicted octanol–water partition coefficient (Wildman–Crippen LogP) is 4.29. The lowest BCUT2D eigenvalue weighted by Crippen LogP contribution is -2.16. The number of carbonyl (C=O) groups is 3. The fourth-order valence-corrected chi connectivity index (χ4v) is 3.97. The number of amides is 1. The molecule has 0 atom stereocenters. The van der Waals surface area contributed by atoms with Crippen molar-refractivity contribution in [3.8, 4) is 5.75 Å². The van der Waals surface area contributed by atoms with E-state index < -0.39 is 17.8 Å². The summed E-state index contributed by atoms with van der Waals surface area (Å²) in [5, 5.41) is 7.10. The number of anilines is 1. The molecule has 33 heavy (non-hydrogen) atoms. The molecular weight excluding hydrogens is 446 g/mol. The van der Waals surface area contributed by atoms with Crippen molar-refractivity contribution in [3.63, 3.8) is 0 Å². The third kappa shape index (κ3) is 5.98. The fourth-order valence-electron chi connectivity index (χ4n) is 2.88. The van der Waals surface area contributed by atoms with Crippen LogP contribution in [0.3, 0.4) is 0 Å². The lowest BCUT2D eigenvalue weighted by Gasteiger charge is -2.07. The minimum absolute atomic E-state index is 0.122. The molecule has 0 aliphatic carbocycles. The van der Waals surface area contributed by atoms with Crippen molar-refractivity contribution >= 4 is 34.2 Å². The Kier molecular flexibility index (Phi) is 8.20. The molecular formula is C23H25N3O6S. The highest BCUT2D eigenvalue weighted by molar-refractivity contribution is 7.18. The number of thiophene rings is 1. The number of benzene rings is 1. The number of ether oxygens (including phenoxy) is 3. The molecule has 3 rings (SSSR count). The van der Waals surface area contributed by atoms with Crippen LogP contribution in [0.5, 0.6) is 5.75 Å². The molecule has 2 heterocycles. The van der Waals surface area contributed by atoms with Crippen LogP contribution in [0.1, 0.15) is 56.3 Å². The lowest BCUT2D eigenvalue weighted by molar-refractivity contribution is 0.0506. The van der Waals surface area contributed by atoms with Crippen LogP contribution in [0.2, 0.25) is 0 Å². The first-order chi connectivity index (χ1) is 15.9. The summed E-state index contributed by atoms with van der Waals surface area (Å²) in [5.41, 5.74) is 0.664. The van der Waals surface area contributed by atoms with Gasteiger partial charge in [0.15, 0.2) is 12.4 Å². The maximum absolute atomic E-state index is 12.8. The first kappa shape index (κ1) is 24.0. The maximum Gasteiger partial charge on any atom is 0.348 e. The Morgan fingerprint density at radius 1 is 1.06 bits per heavy atom. The van der Waals surface area contributed by atoms with E-state index >= 15 is 0 Å². The van der Waals surface area contributed by atoms with Crippen molar-refractivity contribution in [3.05, 3.63) is 64.3 Å². The molecule has 0 fully saturated rings. The van der Waals surface area contributed by atoms with E-state index in [2.05, 4.69) is 10.4 Å². The number of para-hydroxylation sites is 1. The molecule has 1 N–H and O–H groups in total. The van der Waals surface area contributed by atoms with Crippen molar-refractivity contribution in [2.24, 2.45) is 0 Å². The Morgan fingerprint density at radius 3 is 2.52 bits per heavy atom. The van der Waals surface area contributed by atoms with Crippen LogP contribution >= 0.6 is 11.3 Å². The van der Waals surface area contributed by atoms with Crippen LogP contribution in [0.15, 0.2) is 42.6 Å². The van der Waals surface area contributed by atoms with E-state index in [0.29, 0.717) is 17.7 Å². The van der Waals surface area contributed by atoms with Crippen LogP contribution in [0, 0.1) is 6.92 Å². The Balaban J connectivity index is 1.77. The highest BCUT2D eigenvalue weighted by atomic mass is 32.1. The van der Waals surface area contributed by atoms with E-state index in [1.807, 2.05) is 37.3 Å². The number of hydrogen-bond acceptors (Lipinski definition) is 8. The first-order valence-electron chi connectivity index (χ1n) is 10.4. The van der Waals surface area contributed by atoms with Gasteiger partial charge in [0.05, 0.1) is 18.8 Å².